The lowest BCUT2D eigenvalue weighted by molar-refractivity contribution is -0.115. The second kappa shape index (κ2) is 9.38. The number of aromatic amines is 1. The Bertz CT molecular complexity index is 1250. The van der Waals surface area contributed by atoms with Crippen molar-refractivity contribution in [3.8, 4) is 23.0 Å². The lowest BCUT2D eigenvalue weighted by Gasteiger charge is -2.13. The number of H-pyrrole nitrogens is 1. The molecule has 8 heteroatoms. The van der Waals surface area contributed by atoms with Crippen molar-refractivity contribution in [1.29, 1.82) is 0 Å². The zero-order chi connectivity index (χ0) is 22.5. The highest BCUT2D eigenvalue weighted by molar-refractivity contribution is 5.92. The van der Waals surface area contributed by atoms with E-state index in [-0.39, 0.29) is 12.3 Å². The van der Waals surface area contributed by atoms with Crippen molar-refractivity contribution in [2.45, 2.75) is 19.8 Å². The number of aromatic nitrogens is 3. The molecule has 0 spiro atoms. The van der Waals surface area contributed by atoms with Gasteiger partial charge >= 0.3 is 0 Å². The van der Waals surface area contributed by atoms with Gasteiger partial charge in [-0.3, -0.25) is 14.9 Å². The fourth-order valence-corrected chi connectivity index (χ4v) is 3.42. The Kier molecular flexibility index (Phi) is 6.21. The fraction of sp³-hybridized carbons (Fsp3) is 0.208. The van der Waals surface area contributed by atoms with Crippen LogP contribution in [0.25, 0.3) is 10.9 Å². The Morgan fingerprint density at radius 3 is 2.62 bits per heavy atom. The van der Waals surface area contributed by atoms with Gasteiger partial charge in [0.25, 0.3) is 0 Å². The van der Waals surface area contributed by atoms with Gasteiger partial charge < -0.3 is 19.5 Å². The fourth-order valence-electron chi connectivity index (χ4n) is 3.42. The first-order valence-corrected chi connectivity index (χ1v) is 10.2. The topological polar surface area (TPSA) is 98.4 Å². The molecule has 2 N–H and O–H groups in total. The van der Waals surface area contributed by atoms with Crippen molar-refractivity contribution in [2.75, 3.05) is 19.5 Å². The van der Waals surface area contributed by atoms with Crippen LogP contribution in [0, 0.1) is 0 Å². The molecule has 32 heavy (non-hydrogen) atoms. The second-order valence-corrected chi connectivity index (χ2v) is 7.12. The number of anilines is 1. The highest BCUT2D eigenvalue weighted by atomic mass is 16.5. The molecule has 2 aromatic carbocycles. The van der Waals surface area contributed by atoms with Gasteiger partial charge in [-0.25, -0.2) is 0 Å². The summed E-state index contributed by atoms with van der Waals surface area (Å²) in [5.74, 6) is 3.01. The Morgan fingerprint density at radius 2 is 1.84 bits per heavy atom. The predicted molar refractivity (Wildman–Crippen MR) is 122 cm³/mol. The number of methoxy groups -OCH3 is 2. The third-order valence-corrected chi connectivity index (χ3v) is 5.11. The van der Waals surface area contributed by atoms with E-state index in [4.69, 9.17) is 14.2 Å². The van der Waals surface area contributed by atoms with Crippen LogP contribution >= 0.6 is 0 Å². The van der Waals surface area contributed by atoms with E-state index >= 15 is 0 Å². The summed E-state index contributed by atoms with van der Waals surface area (Å²) in [5, 5.41) is 10.5. The van der Waals surface area contributed by atoms with E-state index in [0.29, 0.717) is 23.1 Å². The summed E-state index contributed by atoms with van der Waals surface area (Å²) in [4.78, 5) is 16.9. The number of ether oxygens (including phenoxy) is 3. The van der Waals surface area contributed by atoms with Crippen LogP contribution in [0.3, 0.4) is 0 Å². The number of hydrogen-bond acceptors (Lipinski definition) is 6. The molecule has 0 unspecified atom stereocenters. The van der Waals surface area contributed by atoms with Gasteiger partial charge in [0.1, 0.15) is 28.8 Å². The number of hydrogen-bond donors (Lipinski definition) is 2. The number of fused-ring (bicyclic) bond motifs is 1. The third-order valence-electron chi connectivity index (χ3n) is 5.11. The van der Waals surface area contributed by atoms with Gasteiger partial charge in [0, 0.05) is 34.8 Å². The number of carbonyl (C=O) groups is 1. The van der Waals surface area contributed by atoms with Crippen LogP contribution in [0.5, 0.6) is 23.0 Å². The minimum Gasteiger partial charge on any atom is -0.497 e. The number of amides is 1. The largest absolute Gasteiger partial charge is 0.497 e. The van der Waals surface area contributed by atoms with E-state index in [0.717, 1.165) is 34.2 Å². The SMILES string of the molecule is CCc1cn[nH]c1NC(=O)Cc1ccc(Oc2ccnc3cc(OC)ccc23)cc1OC. The van der Waals surface area contributed by atoms with Crippen molar-refractivity contribution in [3.05, 3.63) is 66.0 Å². The van der Waals surface area contributed by atoms with Gasteiger partial charge in [-0.05, 0) is 30.7 Å². The summed E-state index contributed by atoms with van der Waals surface area (Å²) >= 11 is 0. The molecule has 2 aromatic heterocycles. The van der Waals surface area contributed by atoms with Crippen molar-refractivity contribution in [3.63, 3.8) is 0 Å². The Morgan fingerprint density at radius 1 is 1.00 bits per heavy atom. The molecule has 1 amide bonds. The highest BCUT2D eigenvalue weighted by Crippen LogP contribution is 2.33. The molecule has 0 atom stereocenters. The molecule has 0 radical (unpaired) electrons. The van der Waals surface area contributed by atoms with Crippen molar-refractivity contribution >= 4 is 22.6 Å². The van der Waals surface area contributed by atoms with Gasteiger partial charge in [0.15, 0.2) is 0 Å². The Balaban J connectivity index is 1.52. The average Bonchev–Trinajstić information content (AvgIpc) is 3.26. The predicted octanol–water partition coefficient (Wildman–Crippen LogP) is 4.51. The van der Waals surface area contributed by atoms with Gasteiger partial charge in [-0.2, -0.15) is 5.10 Å². The van der Waals surface area contributed by atoms with E-state index in [2.05, 4.69) is 20.5 Å². The molecular weight excluding hydrogens is 408 g/mol. The summed E-state index contributed by atoms with van der Waals surface area (Å²) in [6, 6.07) is 12.8. The molecule has 4 aromatic rings. The summed E-state index contributed by atoms with van der Waals surface area (Å²) in [6.45, 7) is 2.00. The summed E-state index contributed by atoms with van der Waals surface area (Å²) in [5.41, 5.74) is 2.47. The van der Waals surface area contributed by atoms with E-state index in [1.54, 1.807) is 38.7 Å². The molecule has 164 valence electrons. The van der Waals surface area contributed by atoms with Crippen LogP contribution in [-0.4, -0.2) is 35.3 Å². The Labute approximate surface area is 185 Å². The minimum absolute atomic E-state index is 0.156. The Hall–Kier alpha value is -4.07. The van der Waals surface area contributed by atoms with Crippen molar-refractivity contribution in [1.82, 2.24) is 15.2 Å². The van der Waals surface area contributed by atoms with Crippen LogP contribution in [0.4, 0.5) is 5.82 Å². The quantitative estimate of drug-likeness (QED) is 0.425. The molecule has 0 aliphatic heterocycles. The van der Waals surface area contributed by atoms with Crippen LogP contribution in [0.15, 0.2) is 54.9 Å². The molecule has 0 aliphatic rings. The first kappa shape index (κ1) is 21.2. The minimum atomic E-state index is -0.162. The van der Waals surface area contributed by atoms with E-state index in [1.165, 1.54) is 0 Å². The van der Waals surface area contributed by atoms with Crippen molar-refractivity contribution < 1.29 is 19.0 Å². The first-order chi connectivity index (χ1) is 15.6. The zero-order valence-electron chi connectivity index (χ0n) is 18.1. The maximum atomic E-state index is 12.5. The molecular formula is C24H24N4O4. The van der Waals surface area contributed by atoms with Crippen LogP contribution in [-0.2, 0) is 17.6 Å². The monoisotopic (exact) mass is 432 g/mol. The highest BCUT2D eigenvalue weighted by Gasteiger charge is 2.14. The summed E-state index contributed by atoms with van der Waals surface area (Å²) < 4.78 is 16.9. The molecule has 0 aliphatic carbocycles. The number of aryl methyl sites for hydroxylation is 1. The van der Waals surface area contributed by atoms with Gasteiger partial charge in [0.2, 0.25) is 5.91 Å². The lowest BCUT2D eigenvalue weighted by Crippen LogP contribution is -2.16. The van der Waals surface area contributed by atoms with Crippen LogP contribution < -0.4 is 19.5 Å². The van der Waals surface area contributed by atoms with E-state index in [1.807, 2.05) is 37.3 Å². The number of nitrogens with zero attached hydrogens (tertiary/aromatic N) is 2. The maximum absolute atomic E-state index is 12.5. The molecule has 2 heterocycles. The standard InChI is InChI=1S/C24H24N4O4/c1-4-15-14-26-28-24(15)27-23(29)11-16-5-6-18(13-22(16)31-3)32-21-9-10-25-20-12-17(30-2)7-8-19(20)21/h5-10,12-14H,4,11H2,1-3H3,(H2,26,27,28,29). The van der Waals surface area contributed by atoms with E-state index in [9.17, 15) is 4.79 Å². The zero-order valence-corrected chi connectivity index (χ0v) is 18.1. The molecule has 0 bridgehead atoms. The van der Waals surface area contributed by atoms with Crippen LogP contribution in [0.2, 0.25) is 0 Å². The lowest BCUT2D eigenvalue weighted by atomic mass is 10.1. The number of nitrogens with one attached hydrogen (secondary N) is 2. The molecule has 4 rings (SSSR count). The summed E-state index contributed by atoms with van der Waals surface area (Å²) in [6.07, 6.45) is 4.33. The van der Waals surface area contributed by atoms with Crippen LogP contribution in [0.1, 0.15) is 18.1 Å². The number of rotatable bonds is 8. The van der Waals surface area contributed by atoms with Gasteiger partial charge in [0.05, 0.1) is 32.4 Å². The van der Waals surface area contributed by atoms with E-state index < -0.39 is 0 Å². The number of pyridine rings is 1. The number of carbonyl (C=O) groups excluding carboxylic acids is 1. The maximum Gasteiger partial charge on any atom is 0.230 e. The molecule has 0 fully saturated rings. The normalized spacial score (nSPS) is 10.7. The molecule has 0 saturated carbocycles. The van der Waals surface area contributed by atoms with Crippen molar-refractivity contribution in [2.24, 2.45) is 0 Å². The van der Waals surface area contributed by atoms with Gasteiger partial charge in [-0.15, -0.1) is 0 Å². The first-order valence-electron chi connectivity index (χ1n) is 10.2. The number of benzene rings is 2. The van der Waals surface area contributed by atoms with Gasteiger partial charge in [-0.1, -0.05) is 13.0 Å². The smallest absolute Gasteiger partial charge is 0.230 e. The third kappa shape index (κ3) is 4.49. The molecule has 8 nitrogen and oxygen atoms in total. The second-order valence-electron chi connectivity index (χ2n) is 7.12. The average molecular weight is 432 g/mol. The molecule has 0 saturated heterocycles. The summed E-state index contributed by atoms with van der Waals surface area (Å²) in [7, 11) is 3.19.